The molecular weight excluding hydrogens is 254 g/mol. The first-order valence-electron chi connectivity index (χ1n) is 5.69. The average molecular weight is 272 g/mol. The highest BCUT2D eigenvalue weighted by molar-refractivity contribution is 6.29. The molecule has 100 valence electrons. The predicted octanol–water partition coefficient (Wildman–Crippen LogP) is 2.67. The largest absolute Gasteiger partial charge is 0.444 e. The third-order valence-corrected chi connectivity index (χ3v) is 2.06. The van der Waals surface area contributed by atoms with Crippen molar-refractivity contribution in [1.82, 2.24) is 10.3 Å². The van der Waals surface area contributed by atoms with Crippen LogP contribution < -0.4 is 10.6 Å². The smallest absolute Gasteiger partial charge is 0.407 e. The van der Waals surface area contributed by atoms with E-state index in [-0.39, 0.29) is 0 Å². The molecule has 6 heteroatoms. The van der Waals surface area contributed by atoms with Gasteiger partial charge in [0.05, 0.1) is 0 Å². The van der Waals surface area contributed by atoms with E-state index in [2.05, 4.69) is 15.6 Å². The summed E-state index contributed by atoms with van der Waals surface area (Å²) in [4.78, 5) is 15.2. The van der Waals surface area contributed by atoms with Crippen molar-refractivity contribution in [3.8, 4) is 0 Å². The van der Waals surface area contributed by atoms with Gasteiger partial charge in [0.1, 0.15) is 10.8 Å². The normalized spacial score (nSPS) is 10.9. The van der Waals surface area contributed by atoms with Gasteiger partial charge in [0.15, 0.2) is 0 Å². The van der Waals surface area contributed by atoms with Crippen molar-refractivity contribution in [3.05, 3.63) is 23.5 Å². The second-order valence-electron chi connectivity index (χ2n) is 4.72. The maximum Gasteiger partial charge on any atom is 0.407 e. The van der Waals surface area contributed by atoms with E-state index in [0.29, 0.717) is 18.2 Å². The number of pyridine rings is 1. The first-order chi connectivity index (χ1) is 8.37. The highest BCUT2D eigenvalue weighted by Crippen LogP contribution is 2.11. The maximum absolute atomic E-state index is 11.3. The lowest BCUT2D eigenvalue weighted by atomic mass is 10.2. The van der Waals surface area contributed by atoms with Crippen LogP contribution in [0.1, 0.15) is 20.8 Å². The van der Waals surface area contributed by atoms with E-state index in [1.807, 2.05) is 20.8 Å². The number of amides is 1. The monoisotopic (exact) mass is 271 g/mol. The van der Waals surface area contributed by atoms with E-state index >= 15 is 0 Å². The number of hydrogen-bond acceptors (Lipinski definition) is 4. The second-order valence-corrected chi connectivity index (χ2v) is 5.11. The third kappa shape index (κ3) is 6.30. The lowest BCUT2D eigenvalue weighted by molar-refractivity contribution is 0.0530. The summed E-state index contributed by atoms with van der Waals surface area (Å²) in [7, 11) is 0. The number of anilines is 1. The van der Waals surface area contributed by atoms with Gasteiger partial charge in [-0.2, -0.15) is 0 Å². The number of carbonyl (C=O) groups is 1. The molecule has 0 spiro atoms. The molecule has 0 aliphatic carbocycles. The molecule has 0 aliphatic rings. The molecule has 1 rings (SSSR count). The number of aromatic nitrogens is 1. The quantitative estimate of drug-likeness (QED) is 0.653. The van der Waals surface area contributed by atoms with Crippen LogP contribution in [0.15, 0.2) is 18.3 Å². The zero-order valence-corrected chi connectivity index (χ0v) is 11.5. The van der Waals surface area contributed by atoms with Crippen LogP contribution in [0.2, 0.25) is 5.15 Å². The maximum atomic E-state index is 11.3. The average Bonchev–Trinajstić information content (AvgIpc) is 2.22. The van der Waals surface area contributed by atoms with Crippen molar-refractivity contribution in [1.29, 1.82) is 0 Å². The molecule has 0 saturated heterocycles. The Balaban J connectivity index is 2.21. The highest BCUT2D eigenvalue weighted by atomic mass is 35.5. The summed E-state index contributed by atoms with van der Waals surface area (Å²) in [5.41, 5.74) is 0.386. The van der Waals surface area contributed by atoms with Crippen molar-refractivity contribution in [2.45, 2.75) is 26.4 Å². The van der Waals surface area contributed by atoms with Crippen molar-refractivity contribution in [2.24, 2.45) is 0 Å². The molecule has 0 radical (unpaired) electrons. The molecule has 5 nitrogen and oxygen atoms in total. The van der Waals surface area contributed by atoms with Crippen LogP contribution in [0.4, 0.5) is 10.5 Å². The van der Waals surface area contributed by atoms with Gasteiger partial charge < -0.3 is 15.4 Å². The Morgan fingerprint density at radius 1 is 1.44 bits per heavy atom. The molecule has 0 bridgehead atoms. The van der Waals surface area contributed by atoms with Crippen LogP contribution in [0, 0.1) is 0 Å². The van der Waals surface area contributed by atoms with Crippen LogP contribution in [-0.2, 0) is 4.74 Å². The van der Waals surface area contributed by atoms with Gasteiger partial charge in [0, 0.05) is 25.0 Å². The third-order valence-electron chi connectivity index (χ3n) is 1.85. The summed E-state index contributed by atoms with van der Waals surface area (Å²) in [6.45, 7) is 6.52. The van der Waals surface area contributed by atoms with Crippen LogP contribution in [0.25, 0.3) is 0 Å². The molecule has 1 heterocycles. The summed E-state index contributed by atoms with van der Waals surface area (Å²) in [5.74, 6) is 0. The number of ether oxygens (including phenoxy) is 1. The molecular formula is C12H18ClN3O2. The molecule has 1 aromatic heterocycles. The van der Waals surface area contributed by atoms with Crippen molar-refractivity contribution in [2.75, 3.05) is 18.4 Å². The first kappa shape index (κ1) is 14.6. The van der Waals surface area contributed by atoms with Crippen LogP contribution in [0.3, 0.4) is 0 Å². The van der Waals surface area contributed by atoms with Gasteiger partial charge in [0.2, 0.25) is 0 Å². The second kappa shape index (κ2) is 6.44. The van der Waals surface area contributed by atoms with E-state index in [9.17, 15) is 4.79 Å². The predicted molar refractivity (Wildman–Crippen MR) is 72.0 cm³/mol. The van der Waals surface area contributed by atoms with Gasteiger partial charge >= 0.3 is 6.09 Å². The van der Waals surface area contributed by atoms with E-state index < -0.39 is 11.7 Å². The number of carbonyl (C=O) groups excluding carboxylic acids is 1. The highest BCUT2D eigenvalue weighted by Gasteiger charge is 2.15. The van der Waals surface area contributed by atoms with Gasteiger partial charge in [-0.3, -0.25) is 0 Å². The van der Waals surface area contributed by atoms with Gasteiger partial charge in [-0.05, 0) is 32.9 Å². The fraction of sp³-hybridized carbons (Fsp3) is 0.500. The minimum atomic E-state index is -0.476. The van der Waals surface area contributed by atoms with E-state index in [1.54, 1.807) is 18.3 Å². The molecule has 18 heavy (non-hydrogen) atoms. The number of nitrogens with zero attached hydrogens (tertiary/aromatic N) is 1. The standard InChI is InChI=1S/C12H18ClN3O2/c1-12(2,3)18-11(17)16-7-6-14-9-4-5-15-10(13)8-9/h4-5,8H,6-7H2,1-3H3,(H,14,15)(H,16,17). The molecule has 0 atom stereocenters. The van der Waals surface area contributed by atoms with Crippen molar-refractivity contribution >= 4 is 23.4 Å². The Morgan fingerprint density at radius 2 is 2.17 bits per heavy atom. The molecule has 0 saturated carbocycles. The van der Waals surface area contributed by atoms with Crippen LogP contribution in [0.5, 0.6) is 0 Å². The zero-order valence-electron chi connectivity index (χ0n) is 10.8. The number of hydrogen-bond donors (Lipinski definition) is 2. The fourth-order valence-corrected chi connectivity index (χ4v) is 1.37. The lowest BCUT2D eigenvalue weighted by Crippen LogP contribution is -2.34. The van der Waals surface area contributed by atoms with Gasteiger partial charge in [-0.25, -0.2) is 9.78 Å². The van der Waals surface area contributed by atoms with Crippen molar-refractivity contribution < 1.29 is 9.53 Å². The van der Waals surface area contributed by atoms with Crippen molar-refractivity contribution in [3.63, 3.8) is 0 Å². The Morgan fingerprint density at radius 3 is 2.78 bits per heavy atom. The SMILES string of the molecule is CC(C)(C)OC(=O)NCCNc1ccnc(Cl)c1. The number of alkyl carbamates (subject to hydrolysis) is 1. The van der Waals surface area contributed by atoms with E-state index in [0.717, 1.165) is 5.69 Å². The molecule has 0 aromatic carbocycles. The minimum Gasteiger partial charge on any atom is -0.444 e. The zero-order chi connectivity index (χ0) is 13.6. The van der Waals surface area contributed by atoms with Gasteiger partial charge in [0.25, 0.3) is 0 Å². The lowest BCUT2D eigenvalue weighted by Gasteiger charge is -2.19. The van der Waals surface area contributed by atoms with Gasteiger partial charge in [-0.15, -0.1) is 0 Å². The summed E-state index contributed by atoms with van der Waals surface area (Å²) < 4.78 is 5.10. The summed E-state index contributed by atoms with van der Waals surface area (Å²) in [6, 6.07) is 3.52. The molecule has 1 amide bonds. The van der Waals surface area contributed by atoms with E-state index in [4.69, 9.17) is 16.3 Å². The van der Waals surface area contributed by atoms with Gasteiger partial charge in [-0.1, -0.05) is 11.6 Å². The number of nitrogens with one attached hydrogen (secondary N) is 2. The number of halogens is 1. The summed E-state index contributed by atoms with van der Waals surface area (Å²) in [6.07, 6.45) is 1.20. The first-order valence-corrected chi connectivity index (χ1v) is 6.07. The summed E-state index contributed by atoms with van der Waals surface area (Å²) in [5, 5.41) is 6.19. The van der Waals surface area contributed by atoms with E-state index in [1.165, 1.54) is 0 Å². The Hall–Kier alpha value is -1.49. The van der Waals surface area contributed by atoms with Crippen LogP contribution >= 0.6 is 11.6 Å². The summed E-state index contributed by atoms with van der Waals surface area (Å²) >= 11 is 5.74. The topological polar surface area (TPSA) is 63.2 Å². The van der Waals surface area contributed by atoms with Crippen LogP contribution in [-0.4, -0.2) is 29.8 Å². The molecule has 1 aromatic rings. The molecule has 0 unspecified atom stereocenters. The molecule has 0 fully saturated rings. The minimum absolute atomic E-state index is 0.419. The Bertz CT molecular complexity index is 405. The fourth-order valence-electron chi connectivity index (χ4n) is 1.20. The molecule has 2 N–H and O–H groups in total. The Labute approximate surface area is 112 Å². The Kier molecular flexibility index (Phi) is 5.22. The number of rotatable bonds is 4. The molecule has 0 aliphatic heterocycles.